The first-order valence-electron chi connectivity index (χ1n) is 6.95. The summed E-state index contributed by atoms with van der Waals surface area (Å²) in [6, 6.07) is 6.35. The predicted molar refractivity (Wildman–Crippen MR) is 86.9 cm³/mol. The number of primary amides is 1. The molecule has 0 radical (unpaired) electrons. The lowest BCUT2D eigenvalue weighted by atomic mass is 10.1. The van der Waals surface area contributed by atoms with Crippen LogP contribution in [-0.2, 0) is 9.53 Å². The third kappa shape index (κ3) is 7.17. The van der Waals surface area contributed by atoms with Crippen molar-refractivity contribution in [2.45, 2.75) is 38.8 Å². The SMILES string of the molecule is CC(C)(C)OC(=O)NCCC(Nc1cccc(Cl)c1)C(N)=O. The van der Waals surface area contributed by atoms with Gasteiger partial charge in [0.15, 0.2) is 0 Å². The number of carbonyl (C=O) groups is 2. The van der Waals surface area contributed by atoms with Crippen LogP contribution >= 0.6 is 11.6 Å². The predicted octanol–water partition coefficient (Wildman–Crippen LogP) is 2.52. The van der Waals surface area contributed by atoms with Crippen molar-refractivity contribution in [2.24, 2.45) is 5.73 Å². The summed E-state index contributed by atoms with van der Waals surface area (Å²) in [4.78, 5) is 23.0. The molecule has 0 bridgehead atoms. The normalized spacial score (nSPS) is 12.4. The van der Waals surface area contributed by atoms with Crippen molar-refractivity contribution < 1.29 is 14.3 Å². The van der Waals surface area contributed by atoms with Gasteiger partial charge in [-0.05, 0) is 45.4 Å². The fourth-order valence-electron chi connectivity index (χ4n) is 1.70. The minimum atomic E-state index is -0.617. The van der Waals surface area contributed by atoms with Crippen LogP contribution in [0.25, 0.3) is 0 Å². The number of nitrogens with two attached hydrogens (primary N) is 1. The molecule has 0 heterocycles. The van der Waals surface area contributed by atoms with Crippen LogP contribution < -0.4 is 16.4 Å². The third-order valence-corrected chi connectivity index (χ3v) is 2.85. The van der Waals surface area contributed by atoms with E-state index in [1.54, 1.807) is 45.0 Å². The average Bonchev–Trinajstić information content (AvgIpc) is 2.35. The number of nitrogens with one attached hydrogen (secondary N) is 2. The maximum atomic E-state index is 11.5. The Hall–Kier alpha value is -1.95. The van der Waals surface area contributed by atoms with E-state index < -0.39 is 23.6 Å². The van der Waals surface area contributed by atoms with Crippen molar-refractivity contribution in [1.82, 2.24) is 5.32 Å². The standard InChI is InChI=1S/C15H22ClN3O3/c1-15(2,3)22-14(21)18-8-7-12(13(17)20)19-11-6-4-5-10(16)9-11/h4-6,9,12,19H,7-8H2,1-3H3,(H2,17,20)(H,18,21). The molecule has 1 rings (SSSR count). The molecule has 22 heavy (non-hydrogen) atoms. The summed E-state index contributed by atoms with van der Waals surface area (Å²) in [5, 5.41) is 6.13. The van der Waals surface area contributed by atoms with E-state index in [4.69, 9.17) is 22.1 Å². The Bertz CT molecular complexity index is 529. The number of ether oxygens (including phenoxy) is 1. The number of amides is 2. The fourth-order valence-corrected chi connectivity index (χ4v) is 1.89. The number of rotatable bonds is 6. The quantitative estimate of drug-likeness (QED) is 0.748. The summed E-state index contributed by atoms with van der Waals surface area (Å²) in [6.45, 7) is 5.59. The molecule has 6 nitrogen and oxygen atoms in total. The van der Waals surface area contributed by atoms with Crippen molar-refractivity contribution in [3.05, 3.63) is 29.3 Å². The molecule has 0 fully saturated rings. The van der Waals surface area contributed by atoms with Gasteiger partial charge >= 0.3 is 6.09 Å². The second-order valence-electron chi connectivity index (χ2n) is 5.83. The van der Waals surface area contributed by atoms with Gasteiger partial charge in [0.2, 0.25) is 5.91 Å². The minimum absolute atomic E-state index is 0.260. The van der Waals surface area contributed by atoms with E-state index in [1.807, 2.05) is 0 Å². The van der Waals surface area contributed by atoms with Crippen LogP contribution in [-0.4, -0.2) is 30.2 Å². The highest BCUT2D eigenvalue weighted by molar-refractivity contribution is 6.30. The first-order chi connectivity index (χ1) is 10.2. The minimum Gasteiger partial charge on any atom is -0.444 e. The van der Waals surface area contributed by atoms with Crippen LogP contribution in [0.2, 0.25) is 5.02 Å². The van der Waals surface area contributed by atoms with Gasteiger partial charge in [-0.15, -0.1) is 0 Å². The zero-order valence-corrected chi connectivity index (χ0v) is 13.7. The largest absolute Gasteiger partial charge is 0.444 e. The highest BCUT2D eigenvalue weighted by Gasteiger charge is 2.18. The molecule has 1 atom stereocenters. The molecule has 0 aromatic heterocycles. The molecule has 4 N–H and O–H groups in total. The summed E-state index contributed by atoms with van der Waals surface area (Å²) in [7, 11) is 0. The Labute approximate surface area is 135 Å². The number of hydrogen-bond acceptors (Lipinski definition) is 4. The maximum absolute atomic E-state index is 11.5. The number of alkyl carbamates (subject to hydrolysis) is 1. The van der Waals surface area contributed by atoms with Crippen LogP contribution in [0.1, 0.15) is 27.2 Å². The van der Waals surface area contributed by atoms with Gasteiger partial charge < -0.3 is 21.1 Å². The molecule has 0 spiro atoms. The summed E-state index contributed by atoms with van der Waals surface area (Å²) in [5.41, 5.74) is 5.49. The second-order valence-corrected chi connectivity index (χ2v) is 6.26. The summed E-state index contributed by atoms with van der Waals surface area (Å²) >= 11 is 5.89. The topological polar surface area (TPSA) is 93.4 Å². The van der Waals surface area contributed by atoms with E-state index in [1.165, 1.54) is 0 Å². The first kappa shape index (κ1) is 18.1. The van der Waals surface area contributed by atoms with Crippen LogP contribution in [0.5, 0.6) is 0 Å². The van der Waals surface area contributed by atoms with Crippen LogP contribution in [0.3, 0.4) is 0 Å². The van der Waals surface area contributed by atoms with E-state index in [0.717, 1.165) is 0 Å². The molecule has 2 amide bonds. The molecular weight excluding hydrogens is 306 g/mol. The van der Waals surface area contributed by atoms with Gasteiger partial charge in [0.05, 0.1) is 0 Å². The molecule has 7 heteroatoms. The zero-order chi connectivity index (χ0) is 16.8. The number of halogens is 1. The third-order valence-electron chi connectivity index (χ3n) is 2.61. The van der Waals surface area contributed by atoms with Gasteiger partial charge in [0.25, 0.3) is 0 Å². The fraction of sp³-hybridized carbons (Fsp3) is 0.467. The van der Waals surface area contributed by atoms with E-state index >= 15 is 0 Å². The summed E-state index contributed by atoms with van der Waals surface area (Å²) in [6.07, 6.45) is -0.195. The van der Waals surface area contributed by atoms with E-state index in [2.05, 4.69) is 10.6 Å². The van der Waals surface area contributed by atoms with E-state index in [-0.39, 0.29) is 6.54 Å². The van der Waals surface area contributed by atoms with Crippen molar-refractivity contribution in [3.8, 4) is 0 Å². The average molecular weight is 328 g/mol. The van der Waals surface area contributed by atoms with Crippen molar-refractivity contribution >= 4 is 29.3 Å². The zero-order valence-electron chi connectivity index (χ0n) is 13.0. The summed E-state index contributed by atoms with van der Waals surface area (Å²) in [5.74, 6) is -0.508. The van der Waals surface area contributed by atoms with Crippen LogP contribution in [0, 0.1) is 0 Å². The number of anilines is 1. The number of hydrogen-bond donors (Lipinski definition) is 3. The molecule has 1 aromatic rings. The highest BCUT2D eigenvalue weighted by atomic mass is 35.5. The highest BCUT2D eigenvalue weighted by Crippen LogP contribution is 2.16. The molecule has 1 aromatic carbocycles. The maximum Gasteiger partial charge on any atom is 0.407 e. The van der Waals surface area contributed by atoms with Gasteiger partial charge in [-0.1, -0.05) is 17.7 Å². The Kier molecular flexibility index (Phi) is 6.49. The van der Waals surface area contributed by atoms with Crippen molar-refractivity contribution in [1.29, 1.82) is 0 Å². The molecule has 1 unspecified atom stereocenters. The lowest BCUT2D eigenvalue weighted by Gasteiger charge is -2.21. The van der Waals surface area contributed by atoms with Gasteiger partial charge in [0.1, 0.15) is 11.6 Å². The Balaban J connectivity index is 2.48. The first-order valence-corrected chi connectivity index (χ1v) is 7.33. The monoisotopic (exact) mass is 327 g/mol. The molecule has 122 valence electrons. The Morgan fingerprint density at radius 1 is 1.36 bits per heavy atom. The Morgan fingerprint density at radius 3 is 2.59 bits per heavy atom. The Morgan fingerprint density at radius 2 is 2.05 bits per heavy atom. The molecule has 0 aliphatic rings. The molecule has 0 saturated heterocycles. The van der Waals surface area contributed by atoms with Crippen LogP contribution in [0.4, 0.5) is 10.5 Å². The van der Waals surface area contributed by atoms with Gasteiger partial charge in [0, 0.05) is 17.3 Å². The van der Waals surface area contributed by atoms with Crippen molar-refractivity contribution in [3.63, 3.8) is 0 Å². The number of benzene rings is 1. The lowest BCUT2D eigenvalue weighted by molar-refractivity contribution is -0.118. The molecule has 0 saturated carbocycles. The van der Waals surface area contributed by atoms with Gasteiger partial charge in [-0.2, -0.15) is 0 Å². The van der Waals surface area contributed by atoms with Gasteiger partial charge in [-0.25, -0.2) is 4.79 Å². The van der Waals surface area contributed by atoms with E-state index in [9.17, 15) is 9.59 Å². The lowest BCUT2D eigenvalue weighted by Crippen LogP contribution is -2.40. The number of carbonyl (C=O) groups excluding carboxylic acids is 2. The van der Waals surface area contributed by atoms with E-state index in [0.29, 0.717) is 17.1 Å². The summed E-state index contributed by atoms with van der Waals surface area (Å²) < 4.78 is 5.11. The molecule has 0 aliphatic heterocycles. The second kappa shape index (κ2) is 7.89. The molecule has 0 aliphatic carbocycles. The van der Waals surface area contributed by atoms with Crippen LogP contribution in [0.15, 0.2) is 24.3 Å². The molecular formula is C15H22ClN3O3. The van der Waals surface area contributed by atoms with Gasteiger partial charge in [-0.3, -0.25) is 4.79 Å². The van der Waals surface area contributed by atoms with Crippen molar-refractivity contribution in [2.75, 3.05) is 11.9 Å². The smallest absolute Gasteiger partial charge is 0.407 e.